The van der Waals surface area contributed by atoms with E-state index in [1.54, 1.807) is 29.8 Å². The average molecular weight is 277 g/mol. The van der Waals surface area contributed by atoms with Gasteiger partial charge in [-0.1, -0.05) is 12.1 Å². The second kappa shape index (κ2) is 6.31. The SMILES string of the molecule is N[C@H](Cc1ccc(O)cc1)C(=O)NCc1cscn1. The van der Waals surface area contributed by atoms with Crippen molar-refractivity contribution in [2.75, 3.05) is 0 Å². The molecule has 6 heteroatoms. The van der Waals surface area contributed by atoms with Crippen LogP contribution in [-0.2, 0) is 17.8 Å². The number of phenolic OH excluding ortho intramolecular Hbond substituents is 1. The molecule has 1 heterocycles. The van der Waals surface area contributed by atoms with Crippen molar-refractivity contribution in [2.45, 2.75) is 19.0 Å². The zero-order chi connectivity index (χ0) is 13.7. The van der Waals surface area contributed by atoms with E-state index in [2.05, 4.69) is 10.3 Å². The molecule has 0 saturated carbocycles. The molecular formula is C13H15N3O2S. The van der Waals surface area contributed by atoms with Crippen molar-refractivity contribution in [3.8, 4) is 5.75 Å². The smallest absolute Gasteiger partial charge is 0.237 e. The number of rotatable bonds is 5. The number of hydrogen-bond acceptors (Lipinski definition) is 5. The number of thiazole rings is 1. The first-order chi connectivity index (χ1) is 9.15. The number of aromatic nitrogens is 1. The van der Waals surface area contributed by atoms with E-state index < -0.39 is 6.04 Å². The first-order valence-corrected chi connectivity index (χ1v) is 6.77. The lowest BCUT2D eigenvalue weighted by Gasteiger charge is -2.11. The monoisotopic (exact) mass is 277 g/mol. The van der Waals surface area contributed by atoms with Gasteiger partial charge in [-0.3, -0.25) is 4.79 Å². The molecule has 0 spiro atoms. The Morgan fingerprint density at radius 2 is 2.16 bits per heavy atom. The van der Waals surface area contributed by atoms with E-state index in [0.717, 1.165) is 11.3 Å². The van der Waals surface area contributed by atoms with Crippen LogP contribution >= 0.6 is 11.3 Å². The summed E-state index contributed by atoms with van der Waals surface area (Å²) in [6.07, 6.45) is 0.434. The molecule has 100 valence electrons. The summed E-state index contributed by atoms with van der Waals surface area (Å²) in [7, 11) is 0. The Labute approximate surface area is 115 Å². The fourth-order valence-corrected chi connectivity index (χ4v) is 2.17. The third-order valence-corrected chi connectivity index (χ3v) is 3.29. The molecule has 0 radical (unpaired) electrons. The van der Waals surface area contributed by atoms with E-state index >= 15 is 0 Å². The molecule has 0 aliphatic rings. The highest BCUT2D eigenvalue weighted by molar-refractivity contribution is 7.07. The van der Waals surface area contributed by atoms with Crippen molar-refractivity contribution < 1.29 is 9.90 Å². The average Bonchev–Trinajstić information content (AvgIpc) is 2.91. The first-order valence-electron chi connectivity index (χ1n) is 5.83. The maximum atomic E-state index is 11.8. The van der Waals surface area contributed by atoms with Crippen molar-refractivity contribution in [1.82, 2.24) is 10.3 Å². The minimum absolute atomic E-state index is 0.199. The Bertz CT molecular complexity index is 525. The maximum absolute atomic E-state index is 11.8. The summed E-state index contributed by atoms with van der Waals surface area (Å²) in [6.45, 7) is 0.394. The first kappa shape index (κ1) is 13.5. The predicted molar refractivity (Wildman–Crippen MR) is 73.7 cm³/mol. The summed E-state index contributed by atoms with van der Waals surface area (Å²) < 4.78 is 0. The Morgan fingerprint density at radius 3 is 2.79 bits per heavy atom. The second-order valence-corrected chi connectivity index (χ2v) is 4.89. The molecule has 2 rings (SSSR count). The van der Waals surface area contributed by atoms with Crippen LogP contribution in [0.25, 0.3) is 0 Å². The van der Waals surface area contributed by atoms with Gasteiger partial charge in [-0.05, 0) is 24.1 Å². The molecule has 0 aliphatic heterocycles. The van der Waals surface area contributed by atoms with E-state index in [0.29, 0.717) is 13.0 Å². The van der Waals surface area contributed by atoms with Crippen LogP contribution in [0.15, 0.2) is 35.2 Å². The molecule has 2 aromatic rings. The molecule has 0 fully saturated rings. The fourth-order valence-electron chi connectivity index (χ4n) is 1.61. The number of amides is 1. The largest absolute Gasteiger partial charge is 0.508 e. The molecular weight excluding hydrogens is 262 g/mol. The van der Waals surface area contributed by atoms with Crippen LogP contribution in [0, 0.1) is 0 Å². The summed E-state index contributed by atoms with van der Waals surface area (Å²) in [5.41, 5.74) is 9.29. The zero-order valence-corrected chi connectivity index (χ0v) is 11.1. The lowest BCUT2D eigenvalue weighted by Crippen LogP contribution is -2.41. The predicted octanol–water partition coefficient (Wildman–Crippen LogP) is 1.03. The summed E-state index contributed by atoms with van der Waals surface area (Å²) in [5, 5.41) is 13.8. The molecule has 0 aliphatic carbocycles. The van der Waals surface area contributed by atoms with Crippen LogP contribution in [-0.4, -0.2) is 22.0 Å². The number of aromatic hydroxyl groups is 1. The van der Waals surface area contributed by atoms with Gasteiger partial charge in [0.05, 0.1) is 23.8 Å². The van der Waals surface area contributed by atoms with E-state index in [1.165, 1.54) is 11.3 Å². The van der Waals surface area contributed by atoms with Gasteiger partial charge in [-0.2, -0.15) is 0 Å². The van der Waals surface area contributed by atoms with Crippen molar-refractivity contribution in [2.24, 2.45) is 5.73 Å². The second-order valence-electron chi connectivity index (χ2n) is 4.17. The van der Waals surface area contributed by atoms with Crippen LogP contribution in [0.3, 0.4) is 0 Å². The summed E-state index contributed by atoms with van der Waals surface area (Å²) in [5.74, 6) is -0.00798. The van der Waals surface area contributed by atoms with Crippen LogP contribution < -0.4 is 11.1 Å². The molecule has 5 nitrogen and oxygen atoms in total. The van der Waals surface area contributed by atoms with Crippen LogP contribution in [0.4, 0.5) is 0 Å². The van der Waals surface area contributed by atoms with Gasteiger partial charge in [0.2, 0.25) is 5.91 Å². The number of carbonyl (C=O) groups excluding carboxylic acids is 1. The van der Waals surface area contributed by atoms with Crippen molar-refractivity contribution in [3.05, 3.63) is 46.4 Å². The number of nitrogens with one attached hydrogen (secondary N) is 1. The highest BCUT2D eigenvalue weighted by atomic mass is 32.1. The Hall–Kier alpha value is -1.92. The van der Waals surface area contributed by atoms with Gasteiger partial charge in [0, 0.05) is 5.38 Å². The third-order valence-electron chi connectivity index (χ3n) is 2.66. The molecule has 0 saturated heterocycles. The quantitative estimate of drug-likeness (QED) is 0.762. The van der Waals surface area contributed by atoms with Gasteiger partial charge < -0.3 is 16.2 Å². The van der Waals surface area contributed by atoms with Crippen LogP contribution in [0.5, 0.6) is 5.75 Å². The molecule has 19 heavy (non-hydrogen) atoms. The number of nitrogens with zero attached hydrogens (tertiary/aromatic N) is 1. The van der Waals surface area contributed by atoms with Crippen molar-refractivity contribution in [1.29, 1.82) is 0 Å². The van der Waals surface area contributed by atoms with Gasteiger partial charge in [0.15, 0.2) is 0 Å². The lowest BCUT2D eigenvalue weighted by molar-refractivity contribution is -0.122. The van der Waals surface area contributed by atoms with E-state index in [4.69, 9.17) is 5.73 Å². The number of nitrogens with two attached hydrogens (primary N) is 1. The summed E-state index contributed by atoms with van der Waals surface area (Å²) >= 11 is 1.49. The molecule has 0 unspecified atom stereocenters. The fraction of sp³-hybridized carbons (Fsp3) is 0.231. The standard InChI is InChI=1S/C13H15N3O2S/c14-12(5-9-1-3-11(17)4-2-9)13(18)15-6-10-7-19-8-16-10/h1-4,7-8,12,17H,5-6,14H2,(H,15,18)/t12-/m1/s1. The van der Waals surface area contributed by atoms with Gasteiger partial charge >= 0.3 is 0 Å². The number of phenols is 1. The van der Waals surface area contributed by atoms with E-state index in [-0.39, 0.29) is 11.7 Å². The number of hydrogen-bond donors (Lipinski definition) is 3. The van der Waals surface area contributed by atoms with Crippen molar-refractivity contribution in [3.63, 3.8) is 0 Å². The highest BCUT2D eigenvalue weighted by Crippen LogP contribution is 2.11. The highest BCUT2D eigenvalue weighted by Gasteiger charge is 2.13. The topological polar surface area (TPSA) is 88.2 Å². The maximum Gasteiger partial charge on any atom is 0.237 e. The summed E-state index contributed by atoms with van der Waals surface area (Å²) in [6, 6.07) is 6.05. The molecule has 1 aromatic carbocycles. The zero-order valence-electron chi connectivity index (χ0n) is 10.2. The van der Waals surface area contributed by atoms with Gasteiger partial charge in [-0.25, -0.2) is 4.98 Å². The van der Waals surface area contributed by atoms with E-state index in [1.807, 2.05) is 5.38 Å². The van der Waals surface area contributed by atoms with Crippen LogP contribution in [0.2, 0.25) is 0 Å². The van der Waals surface area contributed by atoms with Gasteiger partial charge in [-0.15, -0.1) is 11.3 Å². The lowest BCUT2D eigenvalue weighted by atomic mass is 10.1. The normalized spacial score (nSPS) is 12.1. The third kappa shape index (κ3) is 4.04. The van der Waals surface area contributed by atoms with Crippen LogP contribution in [0.1, 0.15) is 11.3 Å². The minimum atomic E-state index is -0.608. The number of carbonyl (C=O) groups is 1. The molecule has 1 atom stereocenters. The minimum Gasteiger partial charge on any atom is -0.508 e. The van der Waals surface area contributed by atoms with E-state index in [9.17, 15) is 9.90 Å². The Morgan fingerprint density at radius 1 is 1.42 bits per heavy atom. The molecule has 1 aromatic heterocycles. The number of benzene rings is 1. The summed E-state index contributed by atoms with van der Waals surface area (Å²) in [4.78, 5) is 15.9. The van der Waals surface area contributed by atoms with Crippen molar-refractivity contribution >= 4 is 17.2 Å². The Kier molecular flexibility index (Phi) is 4.48. The molecule has 4 N–H and O–H groups in total. The molecule has 0 bridgehead atoms. The molecule has 1 amide bonds. The van der Waals surface area contributed by atoms with Gasteiger partial charge in [0.1, 0.15) is 5.75 Å². The Balaban J connectivity index is 1.83. The van der Waals surface area contributed by atoms with Gasteiger partial charge in [0.25, 0.3) is 0 Å².